The maximum atomic E-state index is 12.8. The van der Waals surface area contributed by atoms with Crippen molar-refractivity contribution in [3.63, 3.8) is 0 Å². The van der Waals surface area contributed by atoms with E-state index in [0.29, 0.717) is 6.54 Å². The van der Waals surface area contributed by atoms with Crippen LogP contribution in [0.4, 0.5) is 0 Å². The molecule has 1 spiro atoms. The van der Waals surface area contributed by atoms with E-state index in [-0.39, 0.29) is 30.1 Å². The third-order valence-electron chi connectivity index (χ3n) is 4.88. The zero-order chi connectivity index (χ0) is 15.4. The Balaban J connectivity index is 1.88. The first-order valence-corrected chi connectivity index (χ1v) is 7.77. The molecule has 0 saturated carbocycles. The number of esters is 1. The summed E-state index contributed by atoms with van der Waals surface area (Å²) in [6.45, 7) is 8.28. The molecule has 2 fully saturated rings. The van der Waals surface area contributed by atoms with E-state index in [9.17, 15) is 9.59 Å². The van der Waals surface area contributed by atoms with Crippen molar-refractivity contribution in [1.29, 1.82) is 0 Å². The van der Waals surface area contributed by atoms with Crippen LogP contribution in [0.15, 0.2) is 12.2 Å². The van der Waals surface area contributed by atoms with Crippen LogP contribution in [0.25, 0.3) is 0 Å². The van der Waals surface area contributed by atoms with Crippen molar-refractivity contribution in [2.45, 2.75) is 58.0 Å². The number of rotatable bonds is 4. The first-order chi connectivity index (χ1) is 9.89. The molecule has 3 rings (SSSR count). The van der Waals surface area contributed by atoms with Gasteiger partial charge in [0, 0.05) is 6.04 Å². The van der Waals surface area contributed by atoms with Crippen molar-refractivity contribution in [2.75, 3.05) is 6.54 Å². The van der Waals surface area contributed by atoms with Crippen molar-refractivity contribution in [2.24, 2.45) is 11.8 Å². The van der Waals surface area contributed by atoms with Gasteiger partial charge < -0.3 is 14.4 Å². The summed E-state index contributed by atoms with van der Waals surface area (Å²) in [5.74, 6) is -1.21. The highest BCUT2D eigenvalue weighted by atomic mass is 16.6. The van der Waals surface area contributed by atoms with Crippen LogP contribution in [0.2, 0.25) is 0 Å². The molecule has 116 valence electrons. The molecular formula is C16H23NO4. The van der Waals surface area contributed by atoms with Crippen molar-refractivity contribution in [1.82, 2.24) is 4.90 Å². The van der Waals surface area contributed by atoms with Crippen LogP contribution < -0.4 is 0 Å². The van der Waals surface area contributed by atoms with Gasteiger partial charge in [-0.15, -0.1) is 0 Å². The first-order valence-electron chi connectivity index (χ1n) is 7.77. The lowest BCUT2D eigenvalue weighted by Crippen LogP contribution is -2.41. The molecule has 0 aromatic rings. The van der Waals surface area contributed by atoms with Gasteiger partial charge in [0.1, 0.15) is 11.5 Å². The Morgan fingerprint density at radius 3 is 2.86 bits per heavy atom. The number of nitrogens with zero attached hydrogens (tertiary/aromatic N) is 1. The molecule has 2 bridgehead atoms. The SMILES string of the molecule is CC[C@@H](C)N1C[C@]23C=C[C@@H](O2)[C@@H](C(=O)OC(C)C)[C@@H]3C1=O. The Labute approximate surface area is 125 Å². The van der Waals surface area contributed by atoms with Gasteiger partial charge in [-0.05, 0) is 27.2 Å². The molecule has 5 nitrogen and oxygen atoms in total. The maximum absolute atomic E-state index is 12.8. The minimum absolute atomic E-state index is 0.0295. The molecule has 0 N–H and O–H groups in total. The monoisotopic (exact) mass is 293 g/mol. The van der Waals surface area contributed by atoms with E-state index in [2.05, 4.69) is 6.92 Å². The quantitative estimate of drug-likeness (QED) is 0.582. The summed E-state index contributed by atoms with van der Waals surface area (Å²) in [7, 11) is 0. The Morgan fingerprint density at radius 2 is 2.24 bits per heavy atom. The third-order valence-corrected chi connectivity index (χ3v) is 4.88. The van der Waals surface area contributed by atoms with Crippen LogP contribution in [0.5, 0.6) is 0 Å². The minimum atomic E-state index is -0.619. The summed E-state index contributed by atoms with van der Waals surface area (Å²) in [4.78, 5) is 27.0. The van der Waals surface area contributed by atoms with E-state index >= 15 is 0 Å². The van der Waals surface area contributed by atoms with Gasteiger partial charge in [0.15, 0.2) is 0 Å². The van der Waals surface area contributed by atoms with Crippen LogP contribution in [-0.2, 0) is 19.1 Å². The molecule has 1 amide bonds. The average molecular weight is 293 g/mol. The largest absolute Gasteiger partial charge is 0.463 e. The highest BCUT2D eigenvalue weighted by molar-refractivity contribution is 5.91. The fourth-order valence-electron chi connectivity index (χ4n) is 3.70. The summed E-state index contributed by atoms with van der Waals surface area (Å²) in [5.41, 5.74) is -0.619. The van der Waals surface area contributed by atoms with E-state index in [1.807, 2.05) is 37.8 Å². The summed E-state index contributed by atoms with van der Waals surface area (Å²) >= 11 is 0. The molecule has 21 heavy (non-hydrogen) atoms. The van der Waals surface area contributed by atoms with Crippen LogP contribution in [0.3, 0.4) is 0 Å². The second kappa shape index (κ2) is 4.83. The smallest absolute Gasteiger partial charge is 0.313 e. The van der Waals surface area contributed by atoms with Crippen molar-refractivity contribution >= 4 is 11.9 Å². The zero-order valence-electron chi connectivity index (χ0n) is 13.0. The summed E-state index contributed by atoms with van der Waals surface area (Å²) in [6, 6.07) is 0.162. The number of likely N-dealkylation sites (tertiary alicyclic amines) is 1. The van der Waals surface area contributed by atoms with Crippen LogP contribution in [-0.4, -0.2) is 47.2 Å². The van der Waals surface area contributed by atoms with Gasteiger partial charge in [-0.25, -0.2) is 0 Å². The molecule has 3 heterocycles. The lowest BCUT2D eigenvalue weighted by molar-refractivity contribution is -0.157. The van der Waals surface area contributed by atoms with Gasteiger partial charge in [-0.1, -0.05) is 19.1 Å². The number of hydrogen-bond donors (Lipinski definition) is 0. The van der Waals surface area contributed by atoms with Gasteiger partial charge in [-0.2, -0.15) is 0 Å². The average Bonchev–Trinajstić information content (AvgIpc) is 3.05. The molecule has 0 aromatic heterocycles. The summed E-state index contributed by atoms with van der Waals surface area (Å²) in [5, 5.41) is 0. The standard InChI is InChI=1S/C16H23NO4/c1-5-10(4)17-8-16-7-6-11(21-16)12(13(16)14(17)18)15(19)20-9(2)3/h6-7,9-13H,5,8H2,1-4H3/t10-,11-,12-,13-,16+/m1/s1. The Kier molecular flexibility index (Phi) is 3.35. The van der Waals surface area contributed by atoms with Gasteiger partial charge in [0.2, 0.25) is 5.91 Å². The number of ether oxygens (including phenoxy) is 2. The van der Waals surface area contributed by atoms with Gasteiger partial charge >= 0.3 is 5.97 Å². The van der Waals surface area contributed by atoms with E-state index in [0.717, 1.165) is 6.42 Å². The van der Waals surface area contributed by atoms with E-state index in [1.165, 1.54) is 0 Å². The topological polar surface area (TPSA) is 55.8 Å². The fourth-order valence-corrected chi connectivity index (χ4v) is 3.70. The molecule has 0 aliphatic carbocycles. The Hall–Kier alpha value is -1.36. The molecule has 5 heteroatoms. The van der Waals surface area contributed by atoms with Gasteiger partial charge in [0.05, 0.1) is 24.7 Å². The van der Waals surface area contributed by atoms with Crippen LogP contribution in [0.1, 0.15) is 34.1 Å². The maximum Gasteiger partial charge on any atom is 0.313 e. The Morgan fingerprint density at radius 1 is 1.52 bits per heavy atom. The van der Waals surface area contributed by atoms with Crippen LogP contribution in [0, 0.1) is 11.8 Å². The number of carbonyl (C=O) groups excluding carboxylic acids is 2. The molecule has 2 saturated heterocycles. The second-order valence-corrected chi connectivity index (χ2v) is 6.61. The zero-order valence-corrected chi connectivity index (χ0v) is 13.0. The van der Waals surface area contributed by atoms with Crippen molar-refractivity contribution in [3.8, 4) is 0 Å². The molecule has 3 aliphatic rings. The number of amides is 1. The molecule has 3 aliphatic heterocycles. The third kappa shape index (κ3) is 2.01. The predicted molar refractivity (Wildman–Crippen MR) is 76.4 cm³/mol. The number of hydrogen-bond acceptors (Lipinski definition) is 4. The molecular weight excluding hydrogens is 270 g/mol. The lowest BCUT2D eigenvalue weighted by atomic mass is 9.77. The highest BCUT2D eigenvalue weighted by Crippen LogP contribution is 2.52. The highest BCUT2D eigenvalue weighted by Gasteiger charge is 2.67. The van der Waals surface area contributed by atoms with E-state index in [1.54, 1.807) is 0 Å². The van der Waals surface area contributed by atoms with E-state index in [4.69, 9.17) is 9.47 Å². The molecule has 0 aromatic carbocycles. The predicted octanol–water partition coefficient (Wildman–Crippen LogP) is 1.52. The number of fused-ring (bicyclic) bond motifs is 1. The molecule has 5 atom stereocenters. The van der Waals surface area contributed by atoms with Gasteiger partial charge in [0.25, 0.3) is 0 Å². The minimum Gasteiger partial charge on any atom is -0.463 e. The van der Waals surface area contributed by atoms with Crippen molar-refractivity contribution < 1.29 is 19.1 Å². The fraction of sp³-hybridized carbons (Fsp3) is 0.750. The summed E-state index contributed by atoms with van der Waals surface area (Å²) < 4.78 is 11.4. The van der Waals surface area contributed by atoms with Gasteiger partial charge in [-0.3, -0.25) is 9.59 Å². The van der Waals surface area contributed by atoms with Crippen LogP contribution >= 0.6 is 0 Å². The first kappa shape index (κ1) is 14.6. The molecule has 0 radical (unpaired) electrons. The lowest BCUT2D eigenvalue weighted by Gasteiger charge is -2.26. The molecule has 0 unspecified atom stereocenters. The Bertz CT molecular complexity index is 501. The van der Waals surface area contributed by atoms with E-state index < -0.39 is 17.4 Å². The second-order valence-electron chi connectivity index (χ2n) is 6.61. The van der Waals surface area contributed by atoms with Crippen molar-refractivity contribution in [3.05, 3.63) is 12.2 Å². The normalized spacial score (nSPS) is 38.2. The number of carbonyl (C=O) groups is 2. The summed E-state index contributed by atoms with van der Waals surface area (Å²) in [6.07, 6.45) is 4.28.